The Labute approximate surface area is 195 Å². The number of thiophene rings is 1. The first-order valence-corrected chi connectivity index (χ1v) is 11.2. The van der Waals surface area contributed by atoms with Crippen molar-refractivity contribution < 1.29 is 19.2 Å². The first kappa shape index (κ1) is 22.2. The van der Waals surface area contributed by atoms with Gasteiger partial charge in [0.05, 0.1) is 33.3 Å². The Bertz CT molecular complexity index is 1390. The molecule has 2 aromatic heterocycles. The van der Waals surface area contributed by atoms with Crippen molar-refractivity contribution in [2.24, 2.45) is 5.10 Å². The molecule has 0 N–H and O–H groups in total. The molecule has 0 bridgehead atoms. The molecule has 0 atom stereocenters. The minimum Gasteiger partial charge on any atom is -0.497 e. The van der Waals surface area contributed by atoms with Crippen molar-refractivity contribution in [3.8, 4) is 5.75 Å². The van der Waals surface area contributed by atoms with Gasteiger partial charge in [0.1, 0.15) is 5.75 Å². The molecular formula is C22H16N4O5S2. The third kappa shape index (κ3) is 4.78. The number of Topliss-reactive ketones (excluding diaryl/α,β-unsaturated/α-hetero) is 1. The van der Waals surface area contributed by atoms with Gasteiger partial charge in [-0.15, -0.1) is 0 Å². The first-order valence-electron chi connectivity index (χ1n) is 9.54. The summed E-state index contributed by atoms with van der Waals surface area (Å²) >= 11 is 2.20. The molecule has 0 fully saturated rings. The number of nitro groups is 1. The molecule has 33 heavy (non-hydrogen) atoms. The number of benzene rings is 2. The molecule has 0 radical (unpaired) electrons. The average molecular weight is 481 g/mol. The van der Waals surface area contributed by atoms with Gasteiger partial charge in [0.15, 0.2) is 5.78 Å². The number of amides is 1. The Kier molecular flexibility index (Phi) is 6.24. The number of anilines is 1. The van der Waals surface area contributed by atoms with Crippen LogP contribution in [-0.4, -0.2) is 34.9 Å². The van der Waals surface area contributed by atoms with E-state index in [-0.39, 0.29) is 10.8 Å². The van der Waals surface area contributed by atoms with Gasteiger partial charge in [-0.2, -0.15) is 10.1 Å². The molecule has 0 saturated carbocycles. The molecule has 0 saturated heterocycles. The predicted molar refractivity (Wildman–Crippen MR) is 128 cm³/mol. The Morgan fingerprint density at radius 3 is 2.45 bits per heavy atom. The third-order valence-electron chi connectivity index (χ3n) is 4.59. The lowest BCUT2D eigenvalue weighted by molar-refractivity contribution is -0.380. The third-order valence-corrected chi connectivity index (χ3v) is 6.55. The number of rotatable bonds is 7. The van der Waals surface area contributed by atoms with Gasteiger partial charge in [0.2, 0.25) is 5.13 Å². The summed E-state index contributed by atoms with van der Waals surface area (Å²) in [6.07, 6.45) is 1.38. The van der Waals surface area contributed by atoms with Crippen LogP contribution < -0.4 is 9.75 Å². The van der Waals surface area contributed by atoms with Crippen molar-refractivity contribution in [1.82, 2.24) is 4.98 Å². The summed E-state index contributed by atoms with van der Waals surface area (Å²) in [5, 5.41) is 16.7. The minimum absolute atomic E-state index is 0.0266. The number of carbonyl (C=O) groups excluding carboxylic acids is 2. The standard InChI is InChI=1S/C22H16N4O5S2/c1-13(27)14-3-5-15(6-4-14)21(28)25(23-12-17-8-10-20(32-17)26(29)30)22-24-18-9-7-16(31-2)11-19(18)33-22/h3-12H,1-2H3/b23-12+. The summed E-state index contributed by atoms with van der Waals surface area (Å²) < 4.78 is 6.06. The van der Waals surface area contributed by atoms with Gasteiger partial charge >= 0.3 is 5.00 Å². The van der Waals surface area contributed by atoms with Crippen LogP contribution in [0.4, 0.5) is 10.1 Å². The van der Waals surface area contributed by atoms with Crippen molar-refractivity contribution in [3.05, 3.63) is 80.7 Å². The van der Waals surface area contributed by atoms with Crippen molar-refractivity contribution in [3.63, 3.8) is 0 Å². The van der Waals surface area contributed by atoms with Crippen LogP contribution in [0.25, 0.3) is 10.2 Å². The van der Waals surface area contributed by atoms with Gasteiger partial charge in [-0.05, 0) is 43.3 Å². The highest BCUT2D eigenvalue weighted by atomic mass is 32.1. The number of hydrogen-bond acceptors (Lipinski definition) is 9. The van der Waals surface area contributed by atoms with E-state index < -0.39 is 10.8 Å². The van der Waals surface area contributed by atoms with E-state index in [9.17, 15) is 19.7 Å². The van der Waals surface area contributed by atoms with E-state index in [1.807, 2.05) is 6.07 Å². The number of ether oxygens (including phenoxy) is 1. The van der Waals surface area contributed by atoms with Gasteiger partial charge in [-0.25, -0.2) is 4.98 Å². The Hall–Kier alpha value is -3.96. The molecule has 4 rings (SSSR count). The lowest BCUT2D eigenvalue weighted by atomic mass is 10.1. The summed E-state index contributed by atoms with van der Waals surface area (Å²) in [7, 11) is 1.56. The van der Waals surface area contributed by atoms with Gasteiger partial charge in [0.25, 0.3) is 5.91 Å². The van der Waals surface area contributed by atoms with Crippen LogP contribution in [-0.2, 0) is 0 Å². The molecule has 2 aromatic carbocycles. The van der Waals surface area contributed by atoms with Crippen molar-refractivity contribution in [1.29, 1.82) is 0 Å². The van der Waals surface area contributed by atoms with Crippen LogP contribution in [0.1, 0.15) is 32.5 Å². The van der Waals surface area contributed by atoms with Gasteiger partial charge < -0.3 is 4.74 Å². The molecule has 9 nitrogen and oxygen atoms in total. The van der Waals surface area contributed by atoms with Gasteiger partial charge in [-0.1, -0.05) is 34.8 Å². The molecule has 0 aliphatic heterocycles. The minimum atomic E-state index is -0.484. The van der Waals surface area contributed by atoms with Gasteiger partial charge in [-0.3, -0.25) is 19.7 Å². The molecule has 0 aliphatic rings. The number of thiazole rings is 1. The molecule has 1 amide bonds. The van der Waals surface area contributed by atoms with E-state index in [0.717, 1.165) is 21.0 Å². The van der Waals surface area contributed by atoms with Crippen LogP contribution in [0.15, 0.2) is 59.7 Å². The van der Waals surface area contributed by atoms with E-state index in [1.54, 1.807) is 49.6 Å². The number of ketones is 1. The zero-order valence-electron chi connectivity index (χ0n) is 17.4. The molecular weight excluding hydrogens is 464 g/mol. The summed E-state index contributed by atoms with van der Waals surface area (Å²) in [5.74, 6) is 0.0894. The molecule has 0 unspecified atom stereocenters. The van der Waals surface area contributed by atoms with Crippen molar-refractivity contribution >= 4 is 60.9 Å². The molecule has 0 aliphatic carbocycles. The summed E-state index contributed by atoms with van der Waals surface area (Å²) in [4.78, 5) is 40.4. The molecule has 4 aromatic rings. The van der Waals surface area contributed by atoms with Gasteiger partial charge in [0, 0.05) is 17.2 Å². The number of aromatic nitrogens is 1. The van der Waals surface area contributed by atoms with E-state index >= 15 is 0 Å². The largest absolute Gasteiger partial charge is 0.497 e. The van der Waals surface area contributed by atoms with Crippen molar-refractivity contribution in [2.45, 2.75) is 6.92 Å². The smallest absolute Gasteiger partial charge is 0.324 e. The second-order valence-corrected chi connectivity index (χ2v) is 8.86. The fourth-order valence-corrected chi connectivity index (χ4v) is 4.53. The molecule has 166 valence electrons. The highest BCUT2D eigenvalue weighted by Crippen LogP contribution is 2.32. The van der Waals surface area contributed by atoms with E-state index in [2.05, 4.69) is 10.1 Å². The number of carbonyl (C=O) groups is 2. The van der Waals surface area contributed by atoms with E-state index in [0.29, 0.717) is 32.4 Å². The van der Waals surface area contributed by atoms with Crippen LogP contribution in [0.3, 0.4) is 0 Å². The maximum atomic E-state index is 13.3. The fraction of sp³-hybridized carbons (Fsp3) is 0.0909. The highest BCUT2D eigenvalue weighted by molar-refractivity contribution is 7.22. The highest BCUT2D eigenvalue weighted by Gasteiger charge is 2.22. The van der Waals surface area contributed by atoms with E-state index in [1.165, 1.54) is 30.5 Å². The topological polar surface area (TPSA) is 115 Å². The fourth-order valence-electron chi connectivity index (χ4n) is 2.89. The zero-order chi connectivity index (χ0) is 23.5. The summed E-state index contributed by atoms with van der Waals surface area (Å²) in [6, 6.07) is 14.5. The number of methoxy groups -OCH3 is 1. The first-order chi connectivity index (χ1) is 15.9. The zero-order valence-corrected chi connectivity index (χ0v) is 19.1. The Morgan fingerprint density at radius 1 is 1.09 bits per heavy atom. The van der Waals surface area contributed by atoms with Crippen LogP contribution in [0.5, 0.6) is 5.75 Å². The SMILES string of the molecule is COc1ccc2nc(N(/N=C/c3ccc([N+](=O)[O-])s3)C(=O)c3ccc(C(C)=O)cc3)sc2c1. The quantitative estimate of drug-likeness (QED) is 0.156. The maximum Gasteiger partial charge on any atom is 0.324 e. The molecule has 2 heterocycles. The second-order valence-electron chi connectivity index (χ2n) is 6.76. The van der Waals surface area contributed by atoms with E-state index in [4.69, 9.17) is 4.74 Å². The molecule has 0 spiro atoms. The number of hydrogen-bond donors (Lipinski definition) is 0. The molecule has 11 heteroatoms. The monoisotopic (exact) mass is 480 g/mol. The Balaban J connectivity index is 1.73. The van der Waals surface area contributed by atoms with Crippen LogP contribution in [0, 0.1) is 10.1 Å². The average Bonchev–Trinajstić information content (AvgIpc) is 3.46. The van der Waals surface area contributed by atoms with Crippen LogP contribution in [0.2, 0.25) is 0 Å². The number of nitrogens with zero attached hydrogens (tertiary/aromatic N) is 4. The number of hydrazone groups is 1. The number of fused-ring (bicyclic) bond motifs is 1. The normalized spacial score (nSPS) is 11.1. The Morgan fingerprint density at radius 2 is 1.82 bits per heavy atom. The summed E-state index contributed by atoms with van der Waals surface area (Å²) in [6.45, 7) is 1.45. The lowest BCUT2D eigenvalue weighted by Crippen LogP contribution is -2.25. The maximum absolute atomic E-state index is 13.3. The summed E-state index contributed by atoms with van der Waals surface area (Å²) in [5.41, 5.74) is 1.47. The lowest BCUT2D eigenvalue weighted by Gasteiger charge is -2.13. The second kappa shape index (κ2) is 9.27. The van der Waals surface area contributed by atoms with Crippen LogP contribution >= 0.6 is 22.7 Å². The predicted octanol–water partition coefficient (Wildman–Crippen LogP) is 5.16. The van der Waals surface area contributed by atoms with Crippen molar-refractivity contribution in [2.75, 3.05) is 12.1 Å².